The van der Waals surface area contributed by atoms with Gasteiger partial charge in [-0.1, -0.05) is 17.7 Å². The van der Waals surface area contributed by atoms with Crippen LogP contribution in [0.5, 0.6) is 11.5 Å². The van der Waals surface area contributed by atoms with Crippen molar-refractivity contribution >= 4 is 24.9 Å². The van der Waals surface area contributed by atoms with Crippen LogP contribution >= 0.6 is 19.2 Å². The van der Waals surface area contributed by atoms with Crippen LogP contribution in [0.25, 0.3) is 0 Å². The number of nitrogens with one attached hydrogen (secondary N) is 1. The van der Waals surface area contributed by atoms with E-state index in [9.17, 15) is 4.57 Å². The van der Waals surface area contributed by atoms with Crippen molar-refractivity contribution < 1.29 is 23.1 Å². The lowest BCUT2D eigenvalue weighted by Gasteiger charge is -2.32. The lowest BCUT2D eigenvalue weighted by molar-refractivity contribution is 0.137. The Hall–Kier alpha value is -1.72. The predicted octanol–water partition coefficient (Wildman–Crippen LogP) is 6.51. The van der Waals surface area contributed by atoms with Crippen LogP contribution in [0.1, 0.15) is 39.0 Å². The lowest BCUT2D eigenvalue weighted by atomic mass is 10.1. The molecule has 2 rings (SSSR count). The first-order valence-corrected chi connectivity index (χ1v) is 11.4. The first-order chi connectivity index (χ1) is 13.7. The van der Waals surface area contributed by atoms with Gasteiger partial charge in [-0.15, -0.1) is 0 Å². The van der Waals surface area contributed by atoms with Crippen LogP contribution < -0.4 is 14.8 Å². The summed E-state index contributed by atoms with van der Waals surface area (Å²) in [6.45, 7) is 7.27. The van der Waals surface area contributed by atoms with E-state index in [0.717, 1.165) is 0 Å². The van der Waals surface area contributed by atoms with Crippen molar-refractivity contribution in [2.24, 2.45) is 0 Å². The fraction of sp³-hybridized carbons (Fsp3) is 0.429. The molecule has 160 valence electrons. The van der Waals surface area contributed by atoms with Crippen LogP contribution in [0.15, 0.2) is 42.5 Å². The topological polar surface area (TPSA) is 66.0 Å². The SMILES string of the molecule is COc1ccc(C(Nc2cccc(Cl)c2)P(=O)(OC(C)C)OC(C)C)c(OC)c1. The molecule has 0 saturated heterocycles. The van der Waals surface area contributed by atoms with Gasteiger partial charge < -0.3 is 23.8 Å². The van der Waals surface area contributed by atoms with Gasteiger partial charge in [0.15, 0.2) is 5.78 Å². The fourth-order valence-electron chi connectivity index (χ4n) is 2.84. The van der Waals surface area contributed by atoms with E-state index in [2.05, 4.69) is 5.32 Å². The van der Waals surface area contributed by atoms with Crippen molar-refractivity contribution in [3.63, 3.8) is 0 Å². The Labute approximate surface area is 178 Å². The highest BCUT2D eigenvalue weighted by Crippen LogP contribution is 2.63. The molecule has 0 fully saturated rings. The Morgan fingerprint density at radius 1 is 0.931 bits per heavy atom. The predicted molar refractivity (Wildman–Crippen MR) is 117 cm³/mol. The Kier molecular flexibility index (Phi) is 8.41. The van der Waals surface area contributed by atoms with Gasteiger partial charge in [-0.2, -0.15) is 0 Å². The van der Waals surface area contributed by atoms with E-state index in [0.29, 0.717) is 27.8 Å². The molecule has 6 nitrogen and oxygen atoms in total. The summed E-state index contributed by atoms with van der Waals surface area (Å²) >= 11 is 6.14. The molecule has 8 heteroatoms. The second-order valence-electron chi connectivity index (χ2n) is 7.01. The maximum atomic E-state index is 14.0. The van der Waals surface area contributed by atoms with Crippen molar-refractivity contribution in [1.82, 2.24) is 0 Å². The van der Waals surface area contributed by atoms with Crippen LogP contribution in [-0.4, -0.2) is 26.4 Å². The molecule has 0 bridgehead atoms. The van der Waals surface area contributed by atoms with E-state index in [1.807, 2.05) is 39.8 Å². The average molecular weight is 442 g/mol. The second kappa shape index (κ2) is 10.4. The molecule has 1 N–H and O–H groups in total. The highest BCUT2D eigenvalue weighted by atomic mass is 35.5. The quantitative estimate of drug-likeness (QED) is 0.424. The number of halogens is 1. The highest BCUT2D eigenvalue weighted by molar-refractivity contribution is 7.54. The number of anilines is 1. The van der Waals surface area contributed by atoms with Gasteiger partial charge in [0.1, 0.15) is 11.5 Å². The number of rotatable bonds is 10. The molecule has 0 spiro atoms. The van der Waals surface area contributed by atoms with E-state index < -0.39 is 13.4 Å². The van der Waals surface area contributed by atoms with Gasteiger partial charge in [-0.25, -0.2) is 0 Å². The van der Waals surface area contributed by atoms with Crippen LogP contribution in [-0.2, 0) is 13.6 Å². The van der Waals surface area contributed by atoms with Gasteiger partial charge in [0.2, 0.25) is 0 Å². The molecule has 0 aromatic heterocycles. The maximum Gasteiger partial charge on any atom is 0.357 e. The van der Waals surface area contributed by atoms with E-state index in [-0.39, 0.29) is 12.2 Å². The minimum atomic E-state index is -3.68. The maximum absolute atomic E-state index is 14.0. The van der Waals surface area contributed by atoms with Gasteiger partial charge in [-0.05, 0) is 58.0 Å². The normalized spacial score (nSPS) is 12.9. The van der Waals surface area contributed by atoms with Crippen molar-refractivity contribution in [2.75, 3.05) is 19.5 Å². The largest absolute Gasteiger partial charge is 0.497 e. The minimum Gasteiger partial charge on any atom is -0.497 e. The fourth-order valence-corrected chi connectivity index (χ4v) is 5.36. The first kappa shape index (κ1) is 23.6. The van der Waals surface area contributed by atoms with Crippen molar-refractivity contribution in [3.05, 3.63) is 53.1 Å². The second-order valence-corrected chi connectivity index (χ2v) is 9.47. The van der Waals surface area contributed by atoms with Crippen LogP contribution in [0.4, 0.5) is 5.69 Å². The third kappa shape index (κ3) is 6.38. The summed E-state index contributed by atoms with van der Waals surface area (Å²) in [5.74, 6) is 0.298. The number of methoxy groups -OCH3 is 2. The Balaban J connectivity index is 2.62. The summed E-state index contributed by atoms with van der Waals surface area (Å²) in [6.07, 6.45) is -0.625. The zero-order chi connectivity index (χ0) is 21.6. The molecule has 0 amide bonds. The number of hydrogen-bond donors (Lipinski definition) is 1. The molecular weight excluding hydrogens is 413 g/mol. The van der Waals surface area contributed by atoms with Gasteiger partial charge in [0.25, 0.3) is 0 Å². The molecule has 1 unspecified atom stereocenters. The van der Waals surface area contributed by atoms with Crippen LogP contribution in [0.2, 0.25) is 5.02 Å². The van der Waals surface area contributed by atoms with Gasteiger partial charge in [0, 0.05) is 22.3 Å². The molecule has 29 heavy (non-hydrogen) atoms. The van der Waals surface area contributed by atoms with E-state index in [4.69, 9.17) is 30.1 Å². The van der Waals surface area contributed by atoms with Crippen molar-refractivity contribution in [3.8, 4) is 11.5 Å². The van der Waals surface area contributed by atoms with E-state index >= 15 is 0 Å². The van der Waals surface area contributed by atoms with Crippen molar-refractivity contribution in [2.45, 2.75) is 45.7 Å². The number of ether oxygens (including phenoxy) is 2. The molecule has 0 radical (unpaired) electrons. The summed E-state index contributed by atoms with van der Waals surface area (Å²) in [5, 5.41) is 3.84. The number of hydrogen-bond acceptors (Lipinski definition) is 6. The third-order valence-electron chi connectivity index (χ3n) is 3.89. The molecule has 0 aliphatic heterocycles. The smallest absolute Gasteiger partial charge is 0.357 e. The van der Waals surface area contributed by atoms with Crippen LogP contribution in [0, 0.1) is 0 Å². The molecule has 0 aliphatic carbocycles. The Morgan fingerprint density at radius 3 is 2.10 bits per heavy atom. The monoisotopic (exact) mass is 441 g/mol. The van der Waals surface area contributed by atoms with Gasteiger partial charge in [-0.3, -0.25) is 4.57 Å². The molecule has 1 atom stereocenters. The first-order valence-electron chi connectivity index (χ1n) is 9.39. The summed E-state index contributed by atoms with van der Waals surface area (Å²) in [6, 6.07) is 12.5. The molecule has 2 aromatic rings. The van der Waals surface area contributed by atoms with Gasteiger partial charge >= 0.3 is 7.60 Å². The molecule has 0 aliphatic rings. The molecule has 0 heterocycles. The minimum absolute atomic E-state index is 0.313. The van der Waals surface area contributed by atoms with Gasteiger partial charge in [0.05, 0.1) is 26.4 Å². The van der Waals surface area contributed by atoms with E-state index in [1.165, 1.54) is 0 Å². The molecular formula is C21H29ClNO5P. The van der Waals surface area contributed by atoms with Crippen molar-refractivity contribution in [1.29, 1.82) is 0 Å². The lowest BCUT2D eigenvalue weighted by Crippen LogP contribution is -2.20. The zero-order valence-electron chi connectivity index (χ0n) is 17.6. The Bertz CT molecular complexity index is 845. The standard InChI is InChI=1S/C21H29ClNO5P/c1-14(2)27-29(24,28-15(3)4)21(23-17-9-7-8-16(22)12-17)19-11-10-18(25-5)13-20(19)26-6/h7-15,21,23H,1-6H3. The molecule has 0 saturated carbocycles. The summed E-state index contributed by atoms with van der Waals surface area (Å²) < 4.78 is 36.6. The highest BCUT2D eigenvalue weighted by Gasteiger charge is 2.41. The summed E-state index contributed by atoms with van der Waals surface area (Å²) in [5.41, 5.74) is 1.30. The third-order valence-corrected chi connectivity index (χ3v) is 6.60. The summed E-state index contributed by atoms with van der Waals surface area (Å²) in [7, 11) is -0.561. The average Bonchev–Trinajstić information content (AvgIpc) is 2.64. The Morgan fingerprint density at radius 2 is 1.59 bits per heavy atom. The molecule has 2 aromatic carbocycles. The van der Waals surface area contributed by atoms with E-state index in [1.54, 1.807) is 44.6 Å². The summed E-state index contributed by atoms with van der Waals surface area (Å²) in [4.78, 5) is 0. The zero-order valence-corrected chi connectivity index (χ0v) is 19.3. The number of benzene rings is 2. The van der Waals surface area contributed by atoms with Crippen LogP contribution in [0.3, 0.4) is 0 Å².